The van der Waals surface area contributed by atoms with Gasteiger partial charge in [0.25, 0.3) is 0 Å². The van der Waals surface area contributed by atoms with Crippen molar-refractivity contribution in [3.8, 4) is 0 Å². The van der Waals surface area contributed by atoms with E-state index in [1.54, 1.807) is 7.05 Å². The minimum Gasteiger partial charge on any atom is -0.444 e. The maximum absolute atomic E-state index is 12.4. The Kier molecular flexibility index (Phi) is 9.81. The number of benzene rings is 1. The molecule has 8 nitrogen and oxygen atoms in total. The maximum Gasteiger partial charge on any atom is 0.408 e. The van der Waals surface area contributed by atoms with E-state index in [-0.39, 0.29) is 11.9 Å². The van der Waals surface area contributed by atoms with E-state index in [0.717, 1.165) is 44.0 Å². The standard InChI is InChI=1S/C24H39N5O3/c1-6-26-22(29-14-12-18(13-15-29)16-21(30)25-5)27-17-20(19-10-8-7-9-11-19)28-23(31)32-24(2,3)4/h7-11,18,20H,6,12-17H2,1-5H3,(H,25,30)(H,26,27)(H,28,31). The highest BCUT2D eigenvalue weighted by atomic mass is 16.6. The Labute approximate surface area is 192 Å². The summed E-state index contributed by atoms with van der Waals surface area (Å²) in [7, 11) is 1.68. The molecule has 1 atom stereocenters. The van der Waals surface area contributed by atoms with Crippen LogP contribution in [0.3, 0.4) is 0 Å². The second kappa shape index (κ2) is 12.3. The molecule has 8 heteroatoms. The molecule has 178 valence electrons. The number of likely N-dealkylation sites (tertiary alicyclic amines) is 1. The summed E-state index contributed by atoms with van der Waals surface area (Å²) in [6, 6.07) is 9.51. The number of hydrogen-bond donors (Lipinski definition) is 3. The molecule has 0 spiro atoms. The van der Waals surface area contributed by atoms with Crippen LogP contribution < -0.4 is 16.0 Å². The van der Waals surface area contributed by atoms with E-state index in [1.165, 1.54) is 0 Å². The van der Waals surface area contributed by atoms with E-state index in [1.807, 2.05) is 58.0 Å². The van der Waals surface area contributed by atoms with Crippen molar-refractivity contribution in [2.24, 2.45) is 10.9 Å². The number of aliphatic imine (C=N–C) groups is 1. The lowest BCUT2D eigenvalue weighted by molar-refractivity contribution is -0.121. The summed E-state index contributed by atoms with van der Waals surface area (Å²) in [5, 5.41) is 9.05. The Morgan fingerprint density at radius 2 is 1.84 bits per heavy atom. The van der Waals surface area contributed by atoms with Crippen LogP contribution in [0.1, 0.15) is 58.6 Å². The zero-order valence-electron chi connectivity index (χ0n) is 20.1. The highest BCUT2D eigenvalue weighted by molar-refractivity contribution is 5.80. The van der Waals surface area contributed by atoms with Crippen LogP contribution in [0.2, 0.25) is 0 Å². The van der Waals surface area contributed by atoms with Gasteiger partial charge in [-0.25, -0.2) is 4.79 Å². The van der Waals surface area contributed by atoms with Gasteiger partial charge in [-0.05, 0) is 52.0 Å². The Balaban J connectivity index is 2.07. The SMILES string of the molecule is CCNC(=NCC(NC(=O)OC(C)(C)C)c1ccccc1)N1CCC(CC(=O)NC)CC1. The van der Waals surface area contributed by atoms with Gasteiger partial charge in [0.1, 0.15) is 5.60 Å². The molecular formula is C24H39N5O3. The van der Waals surface area contributed by atoms with E-state index in [9.17, 15) is 9.59 Å². The summed E-state index contributed by atoms with van der Waals surface area (Å²) in [5.74, 6) is 1.33. The van der Waals surface area contributed by atoms with Crippen LogP contribution >= 0.6 is 0 Å². The zero-order valence-corrected chi connectivity index (χ0v) is 20.1. The average Bonchev–Trinajstić information content (AvgIpc) is 2.75. The molecule has 2 amide bonds. The first-order chi connectivity index (χ1) is 15.2. The third-order valence-corrected chi connectivity index (χ3v) is 5.32. The van der Waals surface area contributed by atoms with Gasteiger partial charge >= 0.3 is 6.09 Å². The van der Waals surface area contributed by atoms with Crippen molar-refractivity contribution in [1.82, 2.24) is 20.9 Å². The molecule has 1 aliphatic heterocycles. The summed E-state index contributed by atoms with van der Waals surface area (Å²) < 4.78 is 5.46. The zero-order chi connectivity index (χ0) is 23.6. The Morgan fingerprint density at radius 1 is 1.19 bits per heavy atom. The van der Waals surface area contributed by atoms with Gasteiger partial charge in [-0.1, -0.05) is 30.3 Å². The van der Waals surface area contributed by atoms with E-state index in [2.05, 4.69) is 20.9 Å². The summed E-state index contributed by atoms with van der Waals surface area (Å²) >= 11 is 0. The molecule has 1 heterocycles. The Morgan fingerprint density at radius 3 is 2.41 bits per heavy atom. The fourth-order valence-corrected chi connectivity index (χ4v) is 3.69. The molecule has 1 aliphatic rings. The van der Waals surface area contributed by atoms with Crippen molar-refractivity contribution >= 4 is 18.0 Å². The Hall–Kier alpha value is -2.77. The van der Waals surface area contributed by atoms with E-state index >= 15 is 0 Å². The van der Waals surface area contributed by atoms with Crippen LogP contribution in [0.5, 0.6) is 0 Å². The van der Waals surface area contributed by atoms with Gasteiger partial charge < -0.3 is 25.6 Å². The third-order valence-electron chi connectivity index (χ3n) is 5.32. The van der Waals surface area contributed by atoms with Gasteiger partial charge in [-0.15, -0.1) is 0 Å². The molecule has 1 aromatic rings. The van der Waals surface area contributed by atoms with Gasteiger partial charge in [-0.3, -0.25) is 9.79 Å². The highest BCUT2D eigenvalue weighted by Crippen LogP contribution is 2.21. The van der Waals surface area contributed by atoms with Crippen molar-refractivity contribution in [2.45, 2.75) is 58.6 Å². The van der Waals surface area contributed by atoms with Gasteiger partial charge in [0.15, 0.2) is 5.96 Å². The quantitative estimate of drug-likeness (QED) is 0.443. The molecule has 2 rings (SSSR count). The van der Waals surface area contributed by atoms with Gasteiger partial charge in [0.05, 0.1) is 12.6 Å². The molecule has 1 saturated heterocycles. The smallest absolute Gasteiger partial charge is 0.408 e. The van der Waals surface area contributed by atoms with Crippen molar-refractivity contribution in [3.63, 3.8) is 0 Å². The lowest BCUT2D eigenvalue weighted by Gasteiger charge is -2.34. The Bertz CT molecular complexity index is 753. The van der Waals surface area contributed by atoms with E-state index in [0.29, 0.717) is 18.9 Å². The number of nitrogens with zero attached hydrogens (tertiary/aromatic N) is 2. The van der Waals surface area contributed by atoms with Crippen LogP contribution in [-0.4, -0.2) is 61.7 Å². The lowest BCUT2D eigenvalue weighted by atomic mass is 9.93. The number of hydrogen-bond acceptors (Lipinski definition) is 4. The van der Waals surface area contributed by atoms with Gasteiger partial charge in [-0.2, -0.15) is 0 Å². The number of carbonyl (C=O) groups is 2. The predicted molar refractivity (Wildman–Crippen MR) is 128 cm³/mol. The average molecular weight is 446 g/mol. The number of guanidine groups is 1. The summed E-state index contributed by atoms with van der Waals surface area (Å²) in [5.41, 5.74) is 0.407. The number of piperidine rings is 1. The molecule has 0 radical (unpaired) electrons. The molecule has 0 saturated carbocycles. The minimum atomic E-state index is -0.567. The lowest BCUT2D eigenvalue weighted by Crippen LogP contribution is -2.46. The molecular weight excluding hydrogens is 406 g/mol. The van der Waals surface area contributed by atoms with Crippen LogP contribution in [0.25, 0.3) is 0 Å². The summed E-state index contributed by atoms with van der Waals surface area (Å²) in [4.78, 5) is 31.2. The second-order valence-corrected chi connectivity index (χ2v) is 9.11. The summed E-state index contributed by atoms with van der Waals surface area (Å²) in [6.07, 6.45) is 2.03. The van der Waals surface area contributed by atoms with E-state index < -0.39 is 11.7 Å². The first-order valence-corrected chi connectivity index (χ1v) is 11.5. The minimum absolute atomic E-state index is 0.0999. The largest absolute Gasteiger partial charge is 0.444 e. The van der Waals surface area contributed by atoms with Crippen LogP contribution in [-0.2, 0) is 9.53 Å². The van der Waals surface area contributed by atoms with Crippen molar-refractivity contribution in [2.75, 3.05) is 33.2 Å². The predicted octanol–water partition coefficient (Wildman–Crippen LogP) is 3.07. The molecule has 0 aromatic heterocycles. The molecule has 1 fully saturated rings. The van der Waals surface area contributed by atoms with Crippen molar-refractivity contribution < 1.29 is 14.3 Å². The second-order valence-electron chi connectivity index (χ2n) is 9.11. The number of amides is 2. The van der Waals surface area contributed by atoms with Crippen molar-refractivity contribution in [1.29, 1.82) is 0 Å². The fourth-order valence-electron chi connectivity index (χ4n) is 3.69. The molecule has 3 N–H and O–H groups in total. The first-order valence-electron chi connectivity index (χ1n) is 11.5. The van der Waals surface area contributed by atoms with Crippen LogP contribution in [0, 0.1) is 5.92 Å². The molecule has 1 aromatic carbocycles. The monoisotopic (exact) mass is 445 g/mol. The molecule has 32 heavy (non-hydrogen) atoms. The van der Waals surface area contributed by atoms with Crippen molar-refractivity contribution in [3.05, 3.63) is 35.9 Å². The maximum atomic E-state index is 12.4. The number of carbonyl (C=O) groups excluding carboxylic acids is 2. The first kappa shape index (κ1) is 25.5. The van der Waals surface area contributed by atoms with Gasteiger partial charge in [0, 0.05) is 33.1 Å². The summed E-state index contributed by atoms with van der Waals surface area (Å²) in [6.45, 7) is 10.4. The van der Waals surface area contributed by atoms with Gasteiger partial charge in [0.2, 0.25) is 5.91 Å². The molecule has 0 bridgehead atoms. The highest BCUT2D eigenvalue weighted by Gasteiger charge is 2.24. The third kappa shape index (κ3) is 8.77. The van der Waals surface area contributed by atoms with E-state index in [4.69, 9.17) is 9.73 Å². The number of ether oxygens (including phenoxy) is 1. The number of alkyl carbamates (subject to hydrolysis) is 1. The van der Waals surface area contributed by atoms with Crippen LogP contribution in [0.4, 0.5) is 4.79 Å². The molecule has 1 unspecified atom stereocenters. The number of rotatable bonds is 7. The fraction of sp³-hybridized carbons (Fsp3) is 0.625. The topological polar surface area (TPSA) is 95.1 Å². The van der Waals surface area contributed by atoms with Crippen LogP contribution in [0.15, 0.2) is 35.3 Å². The normalized spacial score (nSPS) is 16.3. The molecule has 0 aliphatic carbocycles. The number of nitrogens with one attached hydrogen (secondary N) is 3.